The van der Waals surface area contributed by atoms with Gasteiger partial charge in [0, 0.05) is 17.7 Å². The SMILES string of the molecule is C[C@H](N)c1ccc(F)cc1OCC(=O)NCC#N. The van der Waals surface area contributed by atoms with E-state index in [-0.39, 0.29) is 24.9 Å². The summed E-state index contributed by atoms with van der Waals surface area (Å²) in [6, 6.07) is 5.41. The highest BCUT2D eigenvalue weighted by molar-refractivity contribution is 5.77. The van der Waals surface area contributed by atoms with E-state index in [9.17, 15) is 9.18 Å². The van der Waals surface area contributed by atoms with Crippen LogP contribution in [-0.4, -0.2) is 19.1 Å². The van der Waals surface area contributed by atoms with Gasteiger partial charge in [0.1, 0.15) is 18.1 Å². The molecule has 0 unspecified atom stereocenters. The summed E-state index contributed by atoms with van der Waals surface area (Å²) in [5, 5.41) is 10.6. The molecule has 0 aromatic heterocycles. The van der Waals surface area contributed by atoms with Crippen LogP contribution in [0.25, 0.3) is 0 Å². The number of ether oxygens (including phenoxy) is 1. The van der Waals surface area contributed by atoms with Crippen LogP contribution in [0.4, 0.5) is 4.39 Å². The lowest BCUT2D eigenvalue weighted by molar-refractivity contribution is -0.122. The van der Waals surface area contributed by atoms with Gasteiger partial charge in [0.05, 0.1) is 6.07 Å². The quantitative estimate of drug-likeness (QED) is 0.760. The molecule has 5 nitrogen and oxygen atoms in total. The zero-order valence-corrected chi connectivity index (χ0v) is 9.94. The third kappa shape index (κ3) is 4.03. The van der Waals surface area contributed by atoms with Crippen LogP contribution in [0.2, 0.25) is 0 Å². The fourth-order valence-corrected chi connectivity index (χ4v) is 1.34. The summed E-state index contributed by atoms with van der Waals surface area (Å²) < 4.78 is 18.3. The highest BCUT2D eigenvalue weighted by Gasteiger charge is 2.11. The van der Waals surface area contributed by atoms with Gasteiger partial charge < -0.3 is 15.8 Å². The van der Waals surface area contributed by atoms with Crippen molar-refractivity contribution in [3.63, 3.8) is 0 Å². The fraction of sp³-hybridized carbons (Fsp3) is 0.333. The number of hydrogen-bond donors (Lipinski definition) is 2. The molecular weight excluding hydrogens is 237 g/mol. The molecule has 0 aliphatic rings. The van der Waals surface area contributed by atoms with E-state index in [0.29, 0.717) is 5.56 Å². The van der Waals surface area contributed by atoms with Gasteiger partial charge in [-0.1, -0.05) is 6.07 Å². The average molecular weight is 251 g/mol. The van der Waals surface area contributed by atoms with Gasteiger partial charge in [-0.25, -0.2) is 4.39 Å². The fourth-order valence-electron chi connectivity index (χ4n) is 1.34. The molecule has 1 aromatic rings. The van der Waals surface area contributed by atoms with Crippen molar-refractivity contribution in [3.8, 4) is 11.8 Å². The van der Waals surface area contributed by atoms with Crippen LogP contribution in [0.1, 0.15) is 18.5 Å². The molecule has 0 bridgehead atoms. The summed E-state index contributed by atoms with van der Waals surface area (Å²) in [5.74, 6) is -0.680. The number of nitrogens with two attached hydrogens (primary N) is 1. The molecule has 0 heterocycles. The molecule has 18 heavy (non-hydrogen) atoms. The third-order valence-corrected chi connectivity index (χ3v) is 2.19. The predicted octanol–water partition coefficient (Wildman–Crippen LogP) is 0.864. The number of amides is 1. The van der Waals surface area contributed by atoms with Crippen molar-refractivity contribution in [2.75, 3.05) is 13.2 Å². The number of carbonyl (C=O) groups is 1. The molecule has 0 aliphatic carbocycles. The lowest BCUT2D eigenvalue weighted by Crippen LogP contribution is -2.29. The van der Waals surface area contributed by atoms with E-state index in [1.165, 1.54) is 18.2 Å². The Balaban J connectivity index is 2.69. The number of nitriles is 1. The molecule has 0 saturated heterocycles. The molecule has 1 atom stereocenters. The van der Waals surface area contributed by atoms with Crippen LogP contribution in [0.5, 0.6) is 5.75 Å². The minimum Gasteiger partial charge on any atom is -0.483 e. The van der Waals surface area contributed by atoms with Gasteiger partial charge in [0.2, 0.25) is 0 Å². The number of nitrogens with one attached hydrogen (secondary N) is 1. The maximum atomic E-state index is 13.1. The number of benzene rings is 1. The molecule has 0 saturated carbocycles. The highest BCUT2D eigenvalue weighted by atomic mass is 19.1. The zero-order chi connectivity index (χ0) is 13.5. The van der Waals surface area contributed by atoms with Crippen molar-refractivity contribution >= 4 is 5.91 Å². The van der Waals surface area contributed by atoms with Crippen molar-refractivity contribution in [2.24, 2.45) is 5.73 Å². The number of halogens is 1. The predicted molar refractivity (Wildman–Crippen MR) is 63.1 cm³/mol. The Morgan fingerprint density at radius 3 is 3.00 bits per heavy atom. The molecule has 0 spiro atoms. The molecule has 0 radical (unpaired) electrons. The van der Waals surface area contributed by atoms with E-state index >= 15 is 0 Å². The largest absolute Gasteiger partial charge is 0.483 e. The monoisotopic (exact) mass is 251 g/mol. The lowest BCUT2D eigenvalue weighted by Gasteiger charge is -2.13. The van der Waals surface area contributed by atoms with Crippen molar-refractivity contribution in [3.05, 3.63) is 29.6 Å². The summed E-state index contributed by atoms with van der Waals surface area (Å²) in [4.78, 5) is 11.2. The van der Waals surface area contributed by atoms with Crippen molar-refractivity contribution in [1.29, 1.82) is 5.26 Å². The number of nitrogens with zero attached hydrogens (tertiary/aromatic N) is 1. The molecule has 1 aromatic carbocycles. The van der Waals surface area contributed by atoms with E-state index in [2.05, 4.69) is 5.32 Å². The number of rotatable bonds is 5. The smallest absolute Gasteiger partial charge is 0.258 e. The highest BCUT2D eigenvalue weighted by Crippen LogP contribution is 2.24. The molecule has 1 rings (SSSR count). The van der Waals surface area contributed by atoms with Crippen LogP contribution in [-0.2, 0) is 4.79 Å². The topological polar surface area (TPSA) is 88.1 Å². The van der Waals surface area contributed by atoms with Crippen LogP contribution >= 0.6 is 0 Å². The molecule has 0 fully saturated rings. The van der Waals surface area contributed by atoms with Crippen LogP contribution in [0.15, 0.2) is 18.2 Å². The second-order valence-electron chi connectivity index (χ2n) is 3.69. The van der Waals surface area contributed by atoms with E-state index in [0.717, 1.165) is 0 Å². The second kappa shape index (κ2) is 6.57. The number of carbonyl (C=O) groups excluding carboxylic acids is 1. The Hall–Kier alpha value is -2.13. The molecule has 96 valence electrons. The Bertz CT molecular complexity index is 469. The third-order valence-electron chi connectivity index (χ3n) is 2.19. The van der Waals surface area contributed by atoms with Crippen LogP contribution < -0.4 is 15.8 Å². The second-order valence-corrected chi connectivity index (χ2v) is 3.69. The van der Waals surface area contributed by atoms with Crippen LogP contribution in [0.3, 0.4) is 0 Å². The molecule has 6 heteroatoms. The maximum absolute atomic E-state index is 13.1. The Labute approximate surface area is 104 Å². The van der Waals surface area contributed by atoms with Gasteiger partial charge in [-0.2, -0.15) is 5.26 Å². The average Bonchev–Trinajstić information content (AvgIpc) is 2.33. The first-order valence-electron chi connectivity index (χ1n) is 5.36. The van der Waals surface area contributed by atoms with Gasteiger partial charge in [-0.05, 0) is 13.0 Å². The van der Waals surface area contributed by atoms with Gasteiger partial charge in [-0.3, -0.25) is 4.79 Å². The van der Waals surface area contributed by atoms with Gasteiger partial charge in [0.25, 0.3) is 5.91 Å². The zero-order valence-electron chi connectivity index (χ0n) is 9.94. The Kier molecular flexibility index (Phi) is 5.08. The van der Waals surface area contributed by atoms with Crippen molar-refractivity contribution in [2.45, 2.75) is 13.0 Å². The first-order chi connectivity index (χ1) is 8.54. The van der Waals surface area contributed by atoms with Gasteiger partial charge in [-0.15, -0.1) is 0 Å². The summed E-state index contributed by atoms with van der Waals surface area (Å²) >= 11 is 0. The molecule has 3 N–H and O–H groups in total. The Morgan fingerprint density at radius 2 is 2.39 bits per heavy atom. The van der Waals surface area contributed by atoms with Gasteiger partial charge in [0.15, 0.2) is 6.61 Å². The van der Waals surface area contributed by atoms with E-state index < -0.39 is 11.7 Å². The standard InChI is InChI=1S/C12H14FN3O2/c1-8(15)10-3-2-9(13)6-11(10)18-7-12(17)16-5-4-14/h2-3,6,8H,5,7,15H2,1H3,(H,16,17)/t8-/m0/s1. The first-order valence-corrected chi connectivity index (χ1v) is 5.36. The van der Waals surface area contributed by atoms with Crippen LogP contribution in [0, 0.1) is 17.1 Å². The van der Waals surface area contributed by atoms with E-state index in [4.69, 9.17) is 15.7 Å². The molecular formula is C12H14FN3O2. The van der Waals surface area contributed by atoms with E-state index in [1.807, 2.05) is 0 Å². The first kappa shape index (κ1) is 13.9. The van der Waals surface area contributed by atoms with Gasteiger partial charge >= 0.3 is 0 Å². The lowest BCUT2D eigenvalue weighted by atomic mass is 10.1. The summed E-state index contributed by atoms with van der Waals surface area (Å²) in [5.41, 5.74) is 6.32. The molecule has 0 aliphatic heterocycles. The minimum atomic E-state index is -0.466. The summed E-state index contributed by atoms with van der Waals surface area (Å²) in [6.45, 7) is 1.35. The maximum Gasteiger partial charge on any atom is 0.258 e. The van der Waals surface area contributed by atoms with Crippen molar-refractivity contribution in [1.82, 2.24) is 5.32 Å². The van der Waals surface area contributed by atoms with Crippen molar-refractivity contribution < 1.29 is 13.9 Å². The normalized spacial score (nSPS) is 11.4. The Morgan fingerprint density at radius 1 is 1.67 bits per heavy atom. The minimum absolute atomic E-state index is 0.0918. The molecule has 1 amide bonds. The summed E-state index contributed by atoms with van der Waals surface area (Å²) in [6.07, 6.45) is 0. The summed E-state index contributed by atoms with van der Waals surface area (Å²) in [7, 11) is 0. The van der Waals surface area contributed by atoms with E-state index in [1.54, 1.807) is 13.0 Å². The number of hydrogen-bond acceptors (Lipinski definition) is 4.